The Kier molecular flexibility index (Phi) is 4.20. The van der Waals surface area contributed by atoms with E-state index in [1.165, 1.54) is 51.8 Å². The Labute approximate surface area is 138 Å². The molecule has 3 nitrogen and oxygen atoms in total. The molecule has 0 unspecified atom stereocenters. The Balaban J connectivity index is 2.35. The van der Waals surface area contributed by atoms with Crippen LogP contribution >= 0.6 is 0 Å². The molecule has 1 heterocycles. The van der Waals surface area contributed by atoms with E-state index >= 15 is 0 Å². The summed E-state index contributed by atoms with van der Waals surface area (Å²) in [7, 11) is 0. The highest BCUT2D eigenvalue weighted by Gasteiger charge is 2.18. The Morgan fingerprint density at radius 2 is 1.65 bits per heavy atom. The summed E-state index contributed by atoms with van der Waals surface area (Å²) in [5.41, 5.74) is 11.5. The molecule has 0 aliphatic carbocycles. The summed E-state index contributed by atoms with van der Waals surface area (Å²) in [6.45, 7) is 11.2. The minimum atomic E-state index is 0.930. The van der Waals surface area contributed by atoms with Gasteiger partial charge in [0.15, 0.2) is 0 Å². The average Bonchev–Trinajstić information content (AvgIpc) is 3.04. The van der Waals surface area contributed by atoms with Crippen molar-refractivity contribution in [2.24, 2.45) is 0 Å². The van der Waals surface area contributed by atoms with Gasteiger partial charge in [-0.1, -0.05) is 25.5 Å². The van der Waals surface area contributed by atoms with E-state index in [2.05, 4.69) is 62.2 Å². The predicted octanol–water partition coefficient (Wildman–Crippen LogP) is 5.20. The van der Waals surface area contributed by atoms with Crippen molar-refractivity contribution in [2.75, 3.05) is 0 Å². The van der Waals surface area contributed by atoms with Crippen molar-refractivity contribution >= 4 is 11.0 Å². The van der Waals surface area contributed by atoms with Crippen LogP contribution in [0, 0.1) is 27.7 Å². The van der Waals surface area contributed by atoms with Gasteiger partial charge in [0.2, 0.25) is 0 Å². The molecule has 0 saturated carbocycles. The molecule has 120 valence electrons. The summed E-state index contributed by atoms with van der Waals surface area (Å²) in [4.78, 5) is 0. The summed E-state index contributed by atoms with van der Waals surface area (Å²) in [5.74, 6) is 0. The van der Waals surface area contributed by atoms with Crippen LogP contribution < -0.4 is 0 Å². The van der Waals surface area contributed by atoms with Crippen LogP contribution in [0.4, 0.5) is 0 Å². The fourth-order valence-corrected chi connectivity index (χ4v) is 3.49. The van der Waals surface area contributed by atoms with Crippen LogP contribution in [0.5, 0.6) is 0 Å². The first kappa shape index (κ1) is 15.7. The maximum Gasteiger partial charge on any atom is 0.120 e. The molecule has 0 spiro atoms. The van der Waals surface area contributed by atoms with Gasteiger partial charge in [0.1, 0.15) is 11.0 Å². The van der Waals surface area contributed by atoms with E-state index in [0.717, 1.165) is 17.5 Å². The molecular weight excluding hydrogens is 282 g/mol. The van der Waals surface area contributed by atoms with Gasteiger partial charge in [0.05, 0.1) is 0 Å². The first-order chi connectivity index (χ1) is 11.1. The molecule has 0 fully saturated rings. The van der Waals surface area contributed by atoms with Gasteiger partial charge in [0, 0.05) is 5.56 Å². The van der Waals surface area contributed by atoms with Crippen LogP contribution in [-0.2, 0) is 6.42 Å². The molecule has 2 aromatic carbocycles. The number of aromatic amines is 1. The third kappa shape index (κ3) is 2.54. The van der Waals surface area contributed by atoms with Crippen molar-refractivity contribution in [3.63, 3.8) is 0 Å². The lowest BCUT2D eigenvalue weighted by atomic mass is 9.83. The second kappa shape index (κ2) is 6.15. The van der Waals surface area contributed by atoms with E-state index in [0.29, 0.717) is 0 Å². The summed E-state index contributed by atoms with van der Waals surface area (Å²) in [6.07, 6.45) is 3.54. The van der Waals surface area contributed by atoms with E-state index in [1.807, 2.05) is 6.07 Å². The van der Waals surface area contributed by atoms with Crippen molar-refractivity contribution in [1.29, 1.82) is 0 Å². The Morgan fingerprint density at radius 1 is 0.913 bits per heavy atom. The van der Waals surface area contributed by atoms with E-state index < -0.39 is 0 Å². The van der Waals surface area contributed by atoms with E-state index in [4.69, 9.17) is 0 Å². The number of nitrogens with zero attached hydrogens (tertiary/aromatic N) is 2. The molecule has 0 aliphatic rings. The largest absolute Gasteiger partial charge is 0.197 e. The van der Waals surface area contributed by atoms with Crippen molar-refractivity contribution < 1.29 is 0 Å². The molecule has 0 saturated heterocycles. The third-order valence-electron chi connectivity index (χ3n) is 5.21. The van der Waals surface area contributed by atoms with Gasteiger partial charge in [0.25, 0.3) is 0 Å². The normalized spacial score (nSPS) is 11.3. The molecule has 3 aromatic rings. The number of benzene rings is 2. The van der Waals surface area contributed by atoms with Crippen LogP contribution in [0.15, 0.2) is 18.2 Å². The molecule has 0 aliphatic heterocycles. The molecular formula is C20H25N3. The molecule has 0 radical (unpaired) electrons. The second-order valence-corrected chi connectivity index (χ2v) is 6.45. The van der Waals surface area contributed by atoms with Crippen molar-refractivity contribution in [3.05, 3.63) is 46.0 Å². The lowest BCUT2D eigenvalue weighted by Gasteiger charge is -2.21. The number of rotatable bonds is 4. The molecule has 1 aromatic heterocycles. The predicted molar refractivity (Wildman–Crippen MR) is 96.9 cm³/mol. The van der Waals surface area contributed by atoms with Gasteiger partial charge in [-0.25, -0.2) is 0 Å². The highest BCUT2D eigenvalue weighted by molar-refractivity contribution is 5.94. The first-order valence-corrected chi connectivity index (χ1v) is 8.45. The van der Waals surface area contributed by atoms with Crippen LogP contribution in [0.2, 0.25) is 0 Å². The van der Waals surface area contributed by atoms with Gasteiger partial charge in [-0.2, -0.15) is 15.4 Å². The molecule has 3 rings (SSSR count). The molecule has 3 heteroatoms. The lowest BCUT2D eigenvalue weighted by molar-refractivity contribution is 0.790. The minimum absolute atomic E-state index is 0.930. The molecule has 1 N–H and O–H groups in total. The fraction of sp³-hybridized carbons (Fsp3) is 0.400. The van der Waals surface area contributed by atoms with Crippen molar-refractivity contribution in [2.45, 2.75) is 53.9 Å². The minimum Gasteiger partial charge on any atom is -0.197 e. The van der Waals surface area contributed by atoms with E-state index in [-0.39, 0.29) is 0 Å². The zero-order valence-corrected chi connectivity index (χ0v) is 14.7. The SMILES string of the molecule is CCCCc1c(C)c(C)c(C)c(C)c1-c1cccc2n[nH]nc12. The smallest absolute Gasteiger partial charge is 0.120 e. The Bertz CT molecular complexity index is 859. The number of nitrogens with one attached hydrogen (secondary N) is 1. The highest BCUT2D eigenvalue weighted by atomic mass is 15.3. The van der Waals surface area contributed by atoms with Gasteiger partial charge >= 0.3 is 0 Å². The maximum atomic E-state index is 4.40. The van der Waals surface area contributed by atoms with E-state index in [1.54, 1.807) is 0 Å². The zero-order valence-electron chi connectivity index (χ0n) is 14.7. The fourth-order valence-electron chi connectivity index (χ4n) is 3.49. The van der Waals surface area contributed by atoms with Crippen LogP contribution in [0.3, 0.4) is 0 Å². The number of aromatic nitrogens is 3. The Morgan fingerprint density at radius 3 is 2.39 bits per heavy atom. The number of H-pyrrole nitrogens is 1. The van der Waals surface area contributed by atoms with Crippen LogP contribution in [0.1, 0.15) is 47.6 Å². The van der Waals surface area contributed by atoms with Crippen LogP contribution in [0.25, 0.3) is 22.2 Å². The standard InChI is InChI=1S/C20H25N3/c1-6-7-9-16-14(4)12(2)13(3)15(5)19(16)17-10-8-11-18-20(17)22-23-21-18/h8,10-11H,6-7,9H2,1-5H3,(H,21,22,23). The van der Waals surface area contributed by atoms with Gasteiger partial charge in [-0.05, 0) is 80.0 Å². The van der Waals surface area contributed by atoms with Gasteiger partial charge in [-0.15, -0.1) is 0 Å². The first-order valence-electron chi connectivity index (χ1n) is 8.45. The van der Waals surface area contributed by atoms with Gasteiger partial charge in [-0.3, -0.25) is 0 Å². The number of fused-ring (bicyclic) bond motifs is 1. The summed E-state index contributed by atoms with van der Waals surface area (Å²) in [6, 6.07) is 6.27. The molecule has 0 bridgehead atoms. The summed E-state index contributed by atoms with van der Waals surface area (Å²) in [5, 5.41) is 11.4. The van der Waals surface area contributed by atoms with Crippen LogP contribution in [-0.4, -0.2) is 15.4 Å². The molecule has 0 atom stereocenters. The monoisotopic (exact) mass is 307 g/mol. The molecule has 23 heavy (non-hydrogen) atoms. The summed E-state index contributed by atoms with van der Waals surface area (Å²) >= 11 is 0. The van der Waals surface area contributed by atoms with Crippen molar-refractivity contribution in [1.82, 2.24) is 15.4 Å². The number of unbranched alkanes of at least 4 members (excludes halogenated alkanes) is 1. The number of hydrogen-bond donors (Lipinski definition) is 1. The number of hydrogen-bond acceptors (Lipinski definition) is 2. The third-order valence-corrected chi connectivity index (χ3v) is 5.21. The Hall–Kier alpha value is -2.16. The quantitative estimate of drug-likeness (QED) is 0.719. The van der Waals surface area contributed by atoms with Crippen molar-refractivity contribution in [3.8, 4) is 11.1 Å². The maximum absolute atomic E-state index is 4.40. The van der Waals surface area contributed by atoms with Gasteiger partial charge < -0.3 is 0 Å². The van der Waals surface area contributed by atoms with E-state index in [9.17, 15) is 0 Å². The average molecular weight is 307 g/mol. The molecule has 0 amide bonds. The number of para-hydroxylation sites is 1. The topological polar surface area (TPSA) is 41.6 Å². The zero-order chi connectivity index (χ0) is 16.6. The lowest BCUT2D eigenvalue weighted by Crippen LogP contribution is -2.03. The summed E-state index contributed by atoms with van der Waals surface area (Å²) < 4.78 is 0. The second-order valence-electron chi connectivity index (χ2n) is 6.45. The highest BCUT2D eigenvalue weighted by Crippen LogP contribution is 2.37.